The molecule has 0 atom stereocenters. The van der Waals surface area contributed by atoms with Crippen molar-refractivity contribution in [3.8, 4) is 5.75 Å². The van der Waals surface area contributed by atoms with E-state index in [9.17, 15) is 0 Å². The number of pyridine rings is 1. The summed E-state index contributed by atoms with van der Waals surface area (Å²) < 4.78 is 10.9. The van der Waals surface area contributed by atoms with Gasteiger partial charge in [0.1, 0.15) is 5.75 Å². The van der Waals surface area contributed by atoms with Crippen molar-refractivity contribution in [1.82, 2.24) is 10.3 Å². The van der Waals surface area contributed by atoms with Gasteiger partial charge >= 0.3 is 0 Å². The number of unbranched alkanes of at least 4 members (excludes halogenated alkanes) is 1. The van der Waals surface area contributed by atoms with Gasteiger partial charge in [-0.15, -0.1) is 13.2 Å². The highest BCUT2D eigenvalue weighted by Gasteiger charge is 2.15. The normalized spacial score (nSPS) is 10.6. The average molecular weight is 455 g/mol. The highest BCUT2D eigenvalue weighted by Crippen LogP contribution is 2.31. The van der Waals surface area contributed by atoms with Gasteiger partial charge in [-0.25, -0.2) is 0 Å². The van der Waals surface area contributed by atoms with Gasteiger partial charge < -0.3 is 14.8 Å². The second kappa shape index (κ2) is 13.1. The van der Waals surface area contributed by atoms with Crippen molar-refractivity contribution in [3.05, 3.63) is 88.8 Å². The molecule has 1 heterocycles. The lowest BCUT2D eigenvalue weighted by Crippen LogP contribution is -2.17. The van der Waals surface area contributed by atoms with Crippen LogP contribution in [0.2, 0.25) is 5.02 Å². The number of aryl methyl sites for hydroxylation is 2. The standard InChI is InChI=1S/C27H35ClN2O2/c1-7-9-10-12-21-15-19(3)30-26(13-14-31-5)25(21)18-29-20(4)24-16-22(28)17-27(32-6)23(24)11-8-2/h7-8,15-17,29H,1-2,4,9-14,18H2,3,5-6H3. The van der Waals surface area contributed by atoms with Gasteiger partial charge in [0.25, 0.3) is 0 Å². The van der Waals surface area contributed by atoms with Crippen LogP contribution in [0.25, 0.3) is 5.70 Å². The molecule has 1 N–H and O–H groups in total. The van der Waals surface area contributed by atoms with Gasteiger partial charge in [0.15, 0.2) is 0 Å². The first-order chi connectivity index (χ1) is 15.4. The van der Waals surface area contributed by atoms with Crippen LogP contribution in [0.3, 0.4) is 0 Å². The molecule has 0 saturated carbocycles. The third kappa shape index (κ3) is 6.98. The third-order valence-electron chi connectivity index (χ3n) is 5.37. The Kier molecular flexibility index (Phi) is 10.5. The highest BCUT2D eigenvalue weighted by molar-refractivity contribution is 6.31. The zero-order valence-electron chi connectivity index (χ0n) is 19.6. The number of aromatic nitrogens is 1. The molecule has 2 aromatic rings. The molecule has 0 fully saturated rings. The Morgan fingerprint density at radius 1 is 1.12 bits per heavy atom. The van der Waals surface area contributed by atoms with E-state index in [1.54, 1.807) is 14.2 Å². The lowest BCUT2D eigenvalue weighted by Gasteiger charge is -2.20. The number of ether oxygens (including phenoxy) is 2. The molecule has 172 valence electrons. The molecular formula is C27H35ClN2O2. The van der Waals surface area contributed by atoms with E-state index in [-0.39, 0.29) is 0 Å². The smallest absolute Gasteiger partial charge is 0.124 e. The first-order valence-electron chi connectivity index (χ1n) is 10.9. The predicted molar refractivity (Wildman–Crippen MR) is 135 cm³/mol. The van der Waals surface area contributed by atoms with Gasteiger partial charge in [0.2, 0.25) is 0 Å². The van der Waals surface area contributed by atoms with E-state index in [1.807, 2.05) is 31.2 Å². The molecule has 0 unspecified atom stereocenters. The molecule has 0 spiro atoms. The number of hydrogen-bond donors (Lipinski definition) is 1. The number of nitrogens with zero attached hydrogens (tertiary/aromatic N) is 1. The molecule has 2 rings (SSSR count). The van der Waals surface area contributed by atoms with Gasteiger partial charge in [-0.2, -0.15) is 0 Å². The molecular weight excluding hydrogens is 420 g/mol. The summed E-state index contributed by atoms with van der Waals surface area (Å²) in [5.41, 5.74) is 7.34. The molecule has 0 aliphatic heterocycles. The van der Waals surface area contributed by atoms with E-state index in [0.717, 1.165) is 59.6 Å². The summed E-state index contributed by atoms with van der Waals surface area (Å²) in [5, 5.41) is 4.12. The summed E-state index contributed by atoms with van der Waals surface area (Å²) in [6.45, 7) is 15.3. The molecule has 5 heteroatoms. The second-order valence-electron chi connectivity index (χ2n) is 7.73. The van der Waals surface area contributed by atoms with Crippen molar-refractivity contribution >= 4 is 17.3 Å². The molecule has 1 aromatic heterocycles. The first-order valence-corrected chi connectivity index (χ1v) is 11.3. The summed E-state index contributed by atoms with van der Waals surface area (Å²) in [7, 11) is 3.36. The third-order valence-corrected chi connectivity index (χ3v) is 5.59. The lowest BCUT2D eigenvalue weighted by atomic mass is 9.97. The summed E-state index contributed by atoms with van der Waals surface area (Å²) in [4.78, 5) is 4.81. The highest BCUT2D eigenvalue weighted by atomic mass is 35.5. The van der Waals surface area contributed by atoms with Crippen molar-refractivity contribution in [3.63, 3.8) is 0 Å². The average Bonchev–Trinajstić information content (AvgIpc) is 2.77. The number of allylic oxidation sites excluding steroid dienone is 2. The number of methoxy groups -OCH3 is 2. The van der Waals surface area contributed by atoms with E-state index >= 15 is 0 Å². The van der Waals surface area contributed by atoms with E-state index in [0.29, 0.717) is 24.6 Å². The molecule has 0 aliphatic rings. The van der Waals surface area contributed by atoms with E-state index in [4.69, 9.17) is 26.1 Å². The summed E-state index contributed by atoms with van der Waals surface area (Å²) in [6.07, 6.45) is 8.27. The minimum absolute atomic E-state index is 0.607. The fourth-order valence-electron chi connectivity index (χ4n) is 3.83. The topological polar surface area (TPSA) is 43.4 Å². The minimum atomic E-state index is 0.607. The molecule has 1 aromatic carbocycles. The minimum Gasteiger partial charge on any atom is -0.496 e. The van der Waals surface area contributed by atoms with Gasteiger partial charge in [0, 0.05) is 53.3 Å². The zero-order valence-corrected chi connectivity index (χ0v) is 20.4. The quantitative estimate of drug-likeness (QED) is 0.271. The number of halogens is 1. The van der Waals surface area contributed by atoms with Crippen LogP contribution in [0.15, 0.2) is 50.1 Å². The molecule has 0 saturated heterocycles. The van der Waals surface area contributed by atoms with Gasteiger partial charge in [-0.3, -0.25) is 4.98 Å². The molecule has 32 heavy (non-hydrogen) atoms. The molecule has 0 aliphatic carbocycles. The summed E-state index contributed by atoms with van der Waals surface area (Å²) in [6, 6.07) is 5.93. The van der Waals surface area contributed by atoms with Gasteiger partial charge in [-0.05, 0) is 61.9 Å². The van der Waals surface area contributed by atoms with Crippen LogP contribution in [0.1, 0.15) is 46.5 Å². The fraction of sp³-hybridized carbons (Fsp3) is 0.370. The molecule has 0 bridgehead atoms. The number of benzene rings is 1. The maximum atomic E-state index is 6.35. The van der Waals surface area contributed by atoms with Crippen LogP contribution in [0, 0.1) is 6.92 Å². The predicted octanol–water partition coefficient (Wildman–Crippen LogP) is 6.24. The van der Waals surface area contributed by atoms with Crippen LogP contribution < -0.4 is 10.1 Å². The molecule has 0 amide bonds. The van der Waals surface area contributed by atoms with Crippen LogP contribution in [0.4, 0.5) is 0 Å². The SMILES string of the molecule is C=CCCCc1cc(C)nc(CCOC)c1CNC(=C)c1cc(Cl)cc(OC)c1CC=C. The summed E-state index contributed by atoms with van der Waals surface area (Å²) >= 11 is 6.35. The van der Waals surface area contributed by atoms with Crippen LogP contribution >= 0.6 is 11.6 Å². The van der Waals surface area contributed by atoms with Crippen LogP contribution in [-0.4, -0.2) is 25.8 Å². The molecule has 4 nitrogen and oxygen atoms in total. The lowest BCUT2D eigenvalue weighted by molar-refractivity contribution is 0.201. The van der Waals surface area contributed by atoms with Crippen molar-refractivity contribution in [2.75, 3.05) is 20.8 Å². The van der Waals surface area contributed by atoms with E-state index < -0.39 is 0 Å². The number of nitrogens with one attached hydrogen (secondary N) is 1. The monoisotopic (exact) mass is 454 g/mol. The zero-order chi connectivity index (χ0) is 23.5. The maximum absolute atomic E-state index is 6.35. The van der Waals surface area contributed by atoms with E-state index in [1.165, 1.54) is 11.1 Å². The number of rotatable bonds is 14. The first kappa shape index (κ1) is 25.7. The van der Waals surface area contributed by atoms with E-state index in [2.05, 4.69) is 31.1 Å². The largest absolute Gasteiger partial charge is 0.496 e. The molecule has 0 radical (unpaired) electrons. The Bertz CT molecular complexity index is 953. The van der Waals surface area contributed by atoms with Crippen molar-refractivity contribution in [2.24, 2.45) is 0 Å². The Labute approximate surface area is 198 Å². The van der Waals surface area contributed by atoms with Gasteiger partial charge in [0.05, 0.1) is 13.7 Å². The van der Waals surface area contributed by atoms with Crippen molar-refractivity contribution < 1.29 is 9.47 Å². The maximum Gasteiger partial charge on any atom is 0.124 e. The Morgan fingerprint density at radius 3 is 2.56 bits per heavy atom. The Morgan fingerprint density at radius 2 is 1.91 bits per heavy atom. The van der Waals surface area contributed by atoms with Crippen LogP contribution in [-0.2, 0) is 30.5 Å². The number of hydrogen-bond acceptors (Lipinski definition) is 4. The summed E-state index contributed by atoms with van der Waals surface area (Å²) in [5.74, 6) is 0.734. The Balaban J connectivity index is 2.35. The van der Waals surface area contributed by atoms with Crippen molar-refractivity contribution in [2.45, 2.75) is 45.6 Å². The van der Waals surface area contributed by atoms with Gasteiger partial charge in [-0.1, -0.05) is 30.3 Å². The van der Waals surface area contributed by atoms with Crippen LogP contribution in [0.5, 0.6) is 5.75 Å². The van der Waals surface area contributed by atoms with Crippen molar-refractivity contribution in [1.29, 1.82) is 0 Å². The fourth-order valence-corrected chi connectivity index (χ4v) is 4.03. The second-order valence-corrected chi connectivity index (χ2v) is 8.17. The Hall–Kier alpha value is -2.56.